The molecule has 2 rings (SSSR count). The minimum atomic E-state index is -1.05. The maximum Gasteiger partial charge on any atom is 0.341 e. The second kappa shape index (κ2) is 9.80. The number of aliphatic carboxylic acids is 1. The molecule has 0 saturated heterocycles. The van der Waals surface area contributed by atoms with Crippen LogP contribution in [-0.4, -0.2) is 29.8 Å². The Hall–Kier alpha value is -1.76. The van der Waals surface area contributed by atoms with Crippen LogP contribution in [0.25, 0.3) is 0 Å². The van der Waals surface area contributed by atoms with Crippen LogP contribution in [0.4, 0.5) is 4.39 Å². The summed E-state index contributed by atoms with van der Waals surface area (Å²) in [6, 6.07) is 9.19. The van der Waals surface area contributed by atoms with Gasteiger partial charge in [-0.05, 0) is 80.6 Å². The monoisotopic (exact) mass is 582 g/mol. The van der Waals surface area contributed by atoms with E-state index in [1.54, 1.807) is 24.3 Å². The van der Waals surface area contributed by atoms with E-state index >= 15 is 0 Å². The van der Waals surface area contributed by atoms with Crippen molar-refractivity contribution in [1.82, 2.24) is 5.43 Å². The molecule has 26 heavy (non-hydrogen) atoms. The zero-order valence-corrected chi connectivity index (χ0v) is 17.5. The third-order valence-corrected chi connectivity index (χ3v) is 4.64. The molecule has 136 valence electrons. The summed E-state index contributed by atoms with van der Waals surface area (Å²) in [6.45, 7) is -0.418. The first kappa shape index (κ1) is 20.6. The lowest BCUT2D eigenvalue weighted by molar-refractivity contribution is -0.139. The summed E-state index contributed by atoms with van der Waals surface area (Å²) < 4.78 is 19.5. The minimum Gasteiger partial charge on any atom is -0.480 e. The van der Waals surface area contributed by atoms with E-state index in [0.717, 1.165) is 12.7 Å². The van der Waals surface area contributed by atoms with Gasteiger partial charge in [0.1, 0.15) is 11.6 Å². The van der Waals surface area contributed by atoms with E-state index in [1.807, 2.05) is 45.2 Å². The molecule has 0 spiro atoms. The Labute approximate surface area is 176 Å². The summed E-state index contributed by atoms with van der Waals surface area (Å²) in [5.74, 6) is -1.23. The molecule has 0 bridgehead atoms. The third-order valence-electron chi connectivity index (χ3n) is 3.04. The van der Waals surface area contributed by atoms with Gasteiger partial charge in [0, 0.05) is 0 Å². The number of nitrogens with zero attached hydrogens (tertiary/aromatic N) is 1. The molecule has 0 radical (unpaired) electrons. The van der Waals surface area contributed by atoms with E-state index in [1.165, 1.54) is 18.3 Å². The van der Waals surface area contributed by atoms with Gasteiger partial charge in [-0.2, -0.15) is 5.10 Å². The fourth-order valence-electron chi connectivity index (χ4n) is 1.93. The first-order valence-corrected chi connectivity index (χ1v) is 9.41. The molecule has 0 aromatic heterocycles. The molecule has 0 aliphatic rings. The van der Waals surface area contributed by atoms with Crippen LogP contribution in [-0.2, 0) is 16.0 Å². The molecule has 1 amide bonds. The summed E-state index contributed by atoms with van der Waals surface area (Å²) in [6.07, 6.45) is 1.57. The van der Waals surface area contributed by atoms with Crippen LogP contribution < -0.4 is 10.2 Å². The molecule has 2 aromatic carbocycles. The number of carbonyl (C=O) groups is 2. The Kier molecular flexibility index (Phi) is 7.75. The van der Waals surface area contributed by atoms with E-state index in [9.17, 15) is 14.0 Å². The SMILES string of the molecule is O=C(O)COc1c(I)cc(/C=N/NC(=O)Cc2ccc(F)cc2)cc1I. The predicted molar refractivity (Wildman–Crippen MR) is 111 cm³/mol. The largest absolute Gasteiger partial charge is 0.480 e. The number of hydrogen-bond donors (Lipinski definition) is 2. The van der Waals surface area contributed by atoms with Crippen molar-refractivity contribution in [3.63, 3.8) is 0 Å². The molecule has 0 unspecified atom stereocenters. The number of carbonyl (C=O) groups excluding carboxylic acids is 1. The van der Waals surface area contributed by atoms with Crippen LogP contribution in [0.15, 0.2) is 41.5 Å². The predicted octanol–water partition coefficient (Wildman–Crippen LogP) is 3.19. The quantitative estimate of drug-likeness (QED) is 0.299. The number of ether oxygens (including phenoxy) is 1. The van der Waals surface area contributed by atoms with Crippen molar-refractivity contribution in [3.8, 4) is 5.75 Å². The topological polar surface area (TPSA) is 88.0 Å². The third kappa shape index (κ3) is 6.52. The van der Waals surface area contributed by atoms with Gasteiger partial charge in [-0.15, -0.1) is 0 Å². The second-order valence-corrected chi connectivity index (χ2v) is 7.42. The lowest BCUT2D eigenvalue weighted by Crippen LogP contribution is -2.19. The fraction of sp³-hybridized carbons (Fsp3) is 0.118. The Balaban J connectivity index is 1.96. The Bertz CT molecular complexity index is 818. The first-order chi connectivity index (χ1) is 12.3. The van der Waals surface area contributed by atoms with Crippen LogP contribution >= 0.6 is 45.2 Å². The van der Waals surface area contributed by atoms with Gasteiger partial charge >= 0.3 is 5.97 Å². The zero-order chi connectivity index (χ0) is 19.1. The van der Waals surface area contributed by atoms with Crippen molar-refractivity contribution >= 4 is 63.3 Å². The van der Waals surface area contributed by atoms with Crippen molar-refractivity contribution < 1.29 is 23.8 Å². The van der Waals surface area contributed by atoms with E-state index in [4.69, 9.17) is 9.84 Å². The Morgan fingerprint density at radius 3 is 2.38 bits per heavy atom. The number of rotatable bonds is 7. The normalized spacial score (nSPS) is 10.7. The molecule has 0 saturated carbocycles. The Morgan fingerprint density at radius 1 is 1.19 bits per heavy atom. The standard InChI is InChI=1S/C17H13FI2N2O4/c18-12-3-1-10(2-4-12)7-15(23)22-21-8-11-5-13(19)17(14(20)6-11)26-9-16(24)25/h1-6,8H,7,9H2,(H,22,23)(H,24,25)/b21-8+. The van der Waals surface area contributed by atoms with Gasteiger partial charge in [0.2, 0.25) is 5.91 Å². The van der Waals surface area contributed by atoms with Gasteiger partial charge in [-0.3, -0.25) is 4.79 Å². The average Bonchev–Trinajstić information content (AvgIpc) is 2.56. The van der Waals surface area contributed by atoms with E-state index in [0.29, 0.717) is 11.3 Å². The lowest BCUT2D eigenvalue weighted by Gasteiger charge is -2.09. The highest BCUT2D eigenvalue weighted by atomic mass is 127. The van der Waals surface area contributed by atoms with Crippen molar-refractivity contribution in [3.05, 3.63) is 60.5 Å². The molecule has 2 N–H and O–H groups in total. The number of carboxylic acids is 1. The van der Waals surface area contributed by atoms with Crippen molar-refractivity contribution in [2.24, 2.45) is 5.10 Å². The maximum atomic E-state index is 12.8. The van der Waals surface area contributed by atoms with Crippen LogP contribution in [0.5, 0.6) is 5.75 Å². The smallest absolute Gasteiger partial charge is 0.341 e. The highest BCUT2D eigenvalue weighted by molar-refractivity contribution is 14.1. The van der Waals surface area contributed by atoms with Gasteiger partial charge in [0.05, 0.1) is 19.8 Å². The Morgan fingerprint density at radius 2 is 1.81 bits per heavy atom. The molecule has 0 fully saturated rings. The molecule has 0 atom stereocenters. The van der Waals surface area contributed by atoms with Gasteiger partial charge in [0.15, 0.2) is 6.61 Å². The second-order valence-electron chi connectivity index (χ2n) is 5.09. The molecule has 9 heteroatoms. The van der Waals surface area contributed by atoms with Crippen molar-refractivity contribution in [2.75, 3.05) is 6.61 Å². The lowest BCUT2D eigenvalue weighted by atomic mass is 10.1. The van der Waals surface area contributed by atoms with Crippen molar-refractivity contribution in [2.45, 2.75) is 6.42 Å². The van der Waals surface area contributed by atoms with E-state index in [-0.39, 0.29) is 18.1 Å². The van der Waals surface area contributed by atoms with E-state index in [2.05, 4.69) is 10.5 Å². The molecule has 0 aliphatic heterocycles. The molecular formula is C17H13FI2N2O4. The van der Waals surface area contributed by atoms with Gasteiger partial charge in [-0.25, -0.2) is 14.6 Å². The molecule has 6 nitrogen and oxygen atoms in total. The molecular weight excluding hydrogens is 569 g/mol. The van der Waals surface area contributed by atoms with E-state index < -0.39 is 12.6 Å². The highest BCUT2D eigenvalue weighted by Crippen LogP contribution is 2.28. The number of hydrazone groups is 1. The fourth-order valence-corrected chi connectivity index (χ4v) is 4.06. The number of amides is 1. The molecule has 0 aliphatic carbocycles. The summed E-state index contributed by atoms with van der Waals surface area (Å²) in [5.41, 5.74) is 3.82. The van der Waals surface area contributed by atoms with Crippen LogP contribution in [0.3, 0.4) is 0 Å². The highest BCUT2D eigenvalue weighted by Gasteiger charge is 2.10. The molecule has 0 heterocycles. The summed E-state index contributed by atoms with van der Waals surface area (Å²) in [7, 11) is 0. The molecule has 2 aromatic rings. The summed E-state index contributed by atoms with van der Waals surface area (Å²) in [5, 5.41) is 12.6. The van der Waals surface area contributed by atoms with Crippen LogP contribution in [0.2, 0.25) is 0 Å². The maximum absolute atomic E-state index is 12.8. The zero-order valence-electron chi connectivity index (χ0n) is 13.2. The number of halogens is 3. The van der Waals surface area contributed by atoms with Crippen LogP contribution in [0, 0.1) is 13.0 Å². The van der Waals surface area contributed by atoms with Gasteiger partial charge in [-0.1, -0.05) is 12.1 Å². The van der Waals surface area contributed by atoms with Crippen molar-refractivity contribution in [1.29, 1.82) is 0 Å². The first-order valence-electron chi connectivity index (χ1n) is 7.25. The number of benzene rings is 2. The van der Waals surface area contributed by atoms with Gasteiger partial charge in [0.25, 0.3) is 0 Å². The summed E-state index contributed by atoms with van der Waals surface area (Å²) in [4.78, 5) is 22.4. The minimum absolute atomic E-state index is 0.0919. The number of carboxylic acid groups (broad SMARTS) is 1. The summed E-state index contributed by atoms with van der Waals surface area (Å²) >= 11 is 4.08. The number of nitrogens with one attached hydrogen (secondary N) is 1. The van der Waals surface area contributed by atoms with Crippen LogP contribution in [0.1, 0.15) is 11.1 Å². The van der Waals surface area contributed by atoms with Gasteiger partial charge < -0.3 is 9.84 Å². The average molecular weight is 582 g/mol. The number of hydrogen-bond acceptors (Lipinski definition) is 4.